The largest absolute Gasteiger partial charge is 0.493 e. The number of hydrogen-bond donors (Lipinski definition) is 4. The van der Waals surface area contributed by atoms with Crippen LogP contribution in [0.3, 0.4) is 0 Å². The first kappa shape index (κ1) is 28.9. The smallest absolute Gasteiger partial charge is 0.255 e. The zero-order valence-electron chi connectivity index (χ0n) is 23.7. The molecule has 2 aliphatic heterocycles. The van der Waals surface area contributed by atoms with Gasteiger partial charge in [0.25, 0.3) is 5.91 Å². The summed E-state index contributed by atoms with van der Waals surface area (Å²) in [6.45, 7) is 0.0947. The molecule has 0 bridgehead atoms. The molecular weight excluding hydrogens is 556 g/mol. The van der Waals surface area contributed by atoms with Gasteiger partial charge < -0.3 is 35.5 Å². The first-order valence-corrected chi connectivity index (χ1v) is 13.3. The van der Waals surface area contributed by atoms with Crippen molar-refractivity contribution in [3.05, 3.63) is 65.4 Å². The molecule has 222 valence electrons. The molecule has 0 saturated carbocycles. The first-order chi connectivity index (χ1) is 20.7. The second-order valence-corrected chi connectivity index (χ2v) is 9.76. The second kappa shape index (κ2) is 12.1. The van der Waals surface area contributed by atoms with Crippen LogP contribution >= 0.6 is 0 Å². The number of imide groups is 1. The van der Waals surface area contributed by atoms with Crippen molar-refractivity contribution in [3.63, 3.8) is 0 Å². The molecule has 0 radical (unpaired) electrons. The molecule has 1 saturated heterocycles. The summed E-state index contributed by atoms with van der Waals surface area (Å²) in [6.07, 6.45) is 4.94. The number of nitrogens with one attached hydrogen (secondary N) is 3. The van der Waals surface area contributed by atoms with Crippen molar-refractivity contribution in [2.45, 2.75) is 25.4 Å². The van der Waals surface area contributed by atoms with Crippen molar-refractivity contribution >= 4 is 52.6 Å². The number of carbonyl (C=O) groups excluding carboxylic acids is 4. The van der Waals surface area contributed by atoms with E-state index in [1.165, 1.54) is 32.3 Å². The molecule has 13 nitrogen and oxygen atoms in total. The third-order valence-corrected chi connectivity index (χ3v) is 7.20. The van der Waals surface area contributed by atoms with Gasteiger partial charge >= 0.3 is 0 Å². The number of amides is 4. The Bertz CT molecular complexity index is 1630. The first-order valence-electron chi connectivity index (χ1n) is 13.3. The summed E-state index contributed by atoms with van der Waals surface area (Å²) >= 11 is 0. The maximum absolute atomic E-state index is 13.0. The lowest BCUT2D eigenvalue weighted by molar-refractivity contribution is -0.136. The van der Waals surface area contributed by atoms with Crippen molar-refractivity contribution in [3.8, 4) is 17.2 Å². The van der Waals surface area contributed by atoms with Gasteiger partial charge in [-0.05, 0) is 36.8 Å². The maximum atomic E-state index is 13.0. The predicted octanol–water partition coefficient (Wildman–Crippen LogP) is 2.85. The van der Waals surface area contributed by atoms with E-state index >= 15 is 0 Å². The maximum Gasteiger partial charge on any atom is 0.255 e. The molecule has 1 aromatic heterocycles. The molecule has 2 aliphatic rings. The van der Waals surface area contributed by atoms with E-state index in [1.54, 1.807) is 48.7 Å². The van der Waals surface area contributed by atoms with Crippen LogP contribution in [-0.4, -0.2) is 60.9 Å². The SMILES string of the molecule is COc1cc(Nc2ncccc2/C=C/C(=O)Nc2ccc3c(c2N)CN(C2CCC(=O)NC2=O)C3=O)cc(OC)c1OC. The summed E-state index contributed by atoms with van der Waals surface area (Å²) < 4.78 is 16.2. The van der Waals surface area contributed by atoms with E-state index in [9.17, 15) is 19.2 Å². The average Bonchev–Trinajstić information content (AvgIpc) is 3.33. The van der Waals surface area contributed by atoms with Gasteiger partial charge in [0, 0.05) is 59.7 Å². The van der Waals surface area contributed by atoms with Gasteiger partial charge in [-0.15, -0.1) is 0 Å². The number of aromatic nitrogens is 1. The van der Waals surface area contributed by atoms with E-state index < -0.39 is 17.9 Å². The Morgan fingerprint density at radius 1 is 1.09 bits per heavy atom. The number of carbonyl (C=O) groups is 4. The molecule has 0 spiro atoms. The third kappa shape index (κ3) is 5.77. The molecule has 3 aromatic rings. The Morgan fingerprint density at radius 2 is 1.84 bits per heavy atom. The third-order valence-electron chi connectivity index (χ3n) is 7.20. The van der Waals surface area contributed by atoms with Gasteiger partial charge in [0.15, 0.2) is 11.5 Å². The van der Waals surface area contributed by atoms with Gasteiger partial charge in [-0.1, -0.05) is 0 Å². The number of anilines is 4. The Balaban J connectivity index is 1.30. The van der Waals surface area contributed by atoms with Crippen LogP contribution in [0, 0.1) is 0 Å². The molecule has 13 heteroatoms. The lowest BCUT2D eigenvalue weighted by Gasteiger charge is -2.29. The fraction of sp³-hybridized carbons (Fsp3) is 0.233. The van der Waals surface area contributed by atoms with Gasteiger partial charge in [0.1, 0.15) is 11.9 Å². The van der Waals surface area contributed by atoms with E-state index in [1.807, 2.05) is 0 Å². The highest BCUT2D eigenvalue weighted by Crippen LogP contribution is 2.41. The van der Waals surface area contributed by atoms with Crippen molar-refractivity contribution < 1.29 is 33.4 Å². The quantitative estimate of drug-likeness (QED) is 0.166. The van der Waals surface area contributed by atoms with Gasteiger partial charge in [-0.3, -0.25) is 24.5 Å². The van der Waals surface area contributed by atoms with E-state index in [4.69, 9.17) is 19.9 Å². The minimum Gasteiger partial charge on any atom is -0.493 e. The van der Waals surface area contributed by atoms with Crippen LogP contribution in [0.2, 0.25) is 0 Å². The molecule has 4 amide bonds. The minimum atomic E-state index is -0.764. The highest BCUT2D eigenvalue weighted by Gasteiger charge is 2.40. The lowest BCUT2D eigenvalue weighted by atomic mass is 10.0. The number of nitrogens with zero attached hydrogens (tertiary/aromatic N) is 2. The lowest BCUT2D eigenvalue weighted by Crippen LogP contribution is -2.52. The normalized spacial score (nSPS) is 16.1. The number of pyridine rings is 1. The predicted molar refractivity (Wildman–Crippen MR) is 158 cm³/mol. The number of rotatable bonds is 9. The molecule has 43 heavy (non-hydrogen) atoms. The highest BCUT2D eigenvalue weighted by atomic mass is 16.5. The molecule has 3 heterocycles. The molecule has 1 fully saturated rings. The number of methoxy groups -OCH3 is 3. The number of nitrogens with two attached hydrogens (primary N) is 1. The second-order valence-electron chi connectivity index (χ2n) is 9.76. The molecular formula is C30H30N6O7. The zero-order chi connectivity index (χ0) is 30.7. The summed E-state index contributed by atoms with van der Waals surface area (Å²) in [5, 5.41) is 8.24. The summed E-state index contributed by atoms with van der Waals surface area (Å²) in [4.78, 5) is 55.6. The van der Waals surface area contributed by atoms with Crippen molar-refractivity contribution in [1.29, 1.82) is 0 Å². The van der Waals surface area contributed by atoms with Crippen LogP contribution < -0.4 is 35.9 Å². The fourth-order valence-corrected chi connectivity index (χ4v) is 5.06. The Hall–Kier alpha value is -5.59. The molecule has 2 aromatic carbocycles. The average molecular weight is 587 g/mol. The number of fused-ring (bicyclic) bond motifs is 1. The summed E-state index contributed by atoms with van der Waals surface area (Å²) in [6, 6.07) is 9.35. The standard InChI is InChI=1S/C30H30N6O7/c1-41-22-13-17(14-23(42-2)27(22)43-3)33-28-16(5-4-12-32-28)6-10-24(37)34-20-8-7-18-19(26(20)31)15-36(30(18)40)21-9-11-25(38)35-29(21)39/h4-8,10,12-14,21H,9,11,15,31H2,1-3H3,(H,32,33)(H,34,37)(H,35,38,39)/b10-6+. The van der Waals surface area contributed by atoms with Crippen molar-refractivity contribution in [2.75, 3.05) is 37.7 Å². The number of nitrogen functional groups attached to an aromatic ring is 1. The van der Waals surface area contributed by atoms with E-state index in [0.717, 1.165) is 0 Å². The Labute approximate surface area is 247 Å². The van der Waals surface area contributed by atoms with Crippen LogP contribution in [0.15, 0.2) is 48.7 Å². The van der Waals surface area contributed by atoms with Crippen LogP contribution in [0.25, 0.3) is 6.08 Å². The Morgan fingerprint density at radius 3 is 2.51 bits per heavy atom. The van der Waals surface area contributed by atoms with Crippen molar-refractivity contribution in [1.82, 2.24) is 15.2 Å². The van der Waals surface area contributed by atoms with Crippen LogP contribution in [-0.2, 0) is 20.9 Å². The van der Waals surface area contributed by atoms with Gasteiger partial charge in [0.05, 0.1) is 32.7 Å². The number of ether oxygens (including phenoxy) is 3. The number of benzene rings is 2. The van der Waals surface area contributed by atoms with E-state index in [2.05, 4.69) is 20.9 Å². The van der Waals surface area contributed by atoms with Gasteiger partial charge in [-0.2, -0.15) is 0 Å². The van der Waals surface area contributed by atoms with Crippen molar-refractivity contribution in [2.24, 2.45) is 0 Å². The topological polar surface area (TPSA) is 174 Å². The van der Waals surface area contributed by atoms with Gasteiger partial charge in [0.2, 0.25) is 23.5 Å². The molecule has 5 N–H and O–H groups in total. The number of piperidine rings is 1. The summed E-state index contributed by atoms with van der Waals surface area (Å²) in [7, 11) is 4.56. The molecule has 1 atom stereocenters. The summed E-state index contributed by atoms with van der Waals surface area (Å²) in [5.74, 6) is 0.175. The monoisotopic (exact) mass is 586 g/mol. The highest BCUT2D eigenvalue weighted by molar-refractivity contribution is 6.08. The summed E-state index contributed by atoms with van der Waals surface area (Å²) in [5.41, 5.74) is 9.03. The van der Waals surface area contributed by atoms with Crippen LogP contribution in [0.4, 0.5) is 22.9 Å². The molecule has 1 unspecified atom stereocenters. The van der Waals surface area contributed by atoms with E-state index in [-0.39, 0.29) is 36.9 Å². The van der Waals surface area contributed by atoms with E-state index in [0.29, 0.717) is 51.1 Å². The van der Waals surface area contributed by atoms with Crippen LogP contribution in [0.1, 0.15) is 34.3 Å². The van der Waals surface area contributed by atoms with Gasteiger partial charge in [-0.25, -0.2) is 4.98 Å². The minimum absolute atomic E-state index is 0.0947. The molecule has 0 aliphatic carbocycles. The molecule has 5 rings (SSSR count). The fourth-order valence-electron chi connectivity index (χ4n) is 5.06. The Kier molecular flexibility index (Phi) is 8.14. The zero-order valence-corrected chi connectivity index (χ0v) is 23.7. The van der Waals surface area contributed by atoms with Crippen LogP contribution in [0.5, 0.6) is 17.2 Å². The number of hydrogen-bond acceptors (Lipinski definition) is 10.